The molecule has 0 spiro atoms. The standard InChI is InChI=1S/C29H37NO13/c1-14(32)30-9-8-16-4-7-19(34)25(21(16)18(30)10-15-2-5-17(33)6-3-15)43-27-24(37)23(36)22(35)20(42-27)11-40-28-26(38)29(39,12-31)13-41-28/h2-7,18,20,22-24,26-28,31,33-39H,8-13H2,1H3/t18-,20+,22-,23-,24-,26+,27+,28-,29+/m1/s1. The lowest BCUT2D eigenvalue weighted by atomic mass is 9.87. The Morgan fingerprint density at radius 1 is 1.02 bits per heavy atom. The number of phenols is 2. The number of phenolic OH excluding ortho intramolecular Hbond substituents is 2. The fourth-order valence-electron chi connectivity index (χ4n) is 5.73. The van der Waals surface area contributed by atoms with Crippen molar-refractivity contribution in [3.8, 4) is 17.2 Å². The fraction of sp³-hybridized carbons (Fsp3) is 0.552. The summed E-state index contributed by atoms with van der Waals surface area (Å²) in [5, 5.41) is 82.4. The molecule has 0 unspecified atom stereocenters. The smallest absolute Gasteiger partial charge is 0.229 e. The Labute approximate surface area is 246 Å². The Morgan fingerprint density at radius 2 is 1.74 bits per heavy atom. The molecule has 0 bridgehead atoms. The third-order valence-electron chi connectivity index (χ3n) is 8.27. The molecule has 2 aromatic carbocycles. The number of aliphatic hydroxyl groups excluding tert-OH is 5. The van der Waals surface area contributed by atoms with Crippen LogP contribution in [0.3, 0.4) is 0 Å². The summed E-state index contributed by atoms with van der Waals surface area (Å²) in [4.78, 5) is 14.3. The Kier molecular flexibility index (Phi) is 9.13. The molecule has 0 radical (unpaired) electrons. The van der Waals surface area contributed by atoms with Gasteiger partial charge >= 0.3 is 0 Å². The van der Waals surface area contributed by atoms with E-state index in [1.54, 1.807) is 23.1 Å². The maximum Gasteiger partial charge on any atom is 0.229 e. The number of fused-ring (bicyclic) bond motifs is 1. The van der Waals surface area contributed by atoms with Crippen LogP contribution < -0.4 is 4.74 Å². The van der Waals surface area contributed by atoms with E-state index in [0.717, 1.165) is 11.1 Å². The first-order valence-corrected chi connectivity index (χ1v) is 13.9. The molecule has 1 amide bonds. The highest BCUT2D eigenvalue weighted by Gasteiger charge is 2.50. The Balaban J connectivity index is 1.40. The van der Waals surface area contributed by atoms with E-state index in [1.807, 2.05) is 0 Å². The largest absolute Gasteiger partial charge is 0.508 e. The van der Waals surface area contributed by atoms with Gasteiger partial charge in [-0.25, -0.2) is 0 Å². The topological polar surface area (TPSA) is 219 Å². The quantitative estimate of drug-likeness (QED) is 0.170. The molecule has 8 N–H and O–H groups in total. The highest BCUT2D eigenvalue weighted by Crippen LogP contribution is 2.44. The molecule has 43 heavy (non-hydrogen) atoms. The van der Waals surface area contributed by atoms with Crippen LogP contribution in [-0.2, 0) is 31.8 Å². The zero-order valence-electron chi connectivity index (χ0n) is 23.4. The number of hydrogen-bond donors (Lipinski definition) is 8. The van der Waals surface area contributed by atoms with Crippen molar-refractivity contribution in [2.24, 2.45) is 0 Å². The molecule has 3 heterocycles. The summed E-state index contributed by atoms with van der Waals surface area (Å²) in [6.07, 6.45) is -10.3. The van der Waals surface area contributed by atoms with Crippen LogP contribution in [0.4, 0.5) is 0 Å². The molecule has 2 fully saturated rings. The highest BCUT2D eigenvalue weighted by molar-refractivity contribution is 5.75. The number of nitrogens with zero attached hydrogens (tertiary/aromatic N) is 1. The van der Waals surface area contributed by atoms with Gasteiger partial charge in [-0.15, -0.1) is 0 Å². The summed E-state index contributed by atoms with van der Waals surface area (Å²) in [6, 6.07) is 9.01. The molecule has 14 heteroatoms. The van der Waals surface area contributed by atoms with Crippen molar-refractivity contribution in [2.45, 2.75) is 74.5 Å². The summed E-state index contributed by atoms with van der Waals surface area (Å²) in [5.74, 6) is -0.520. The second-order valence-electron chi connectivity index (χ2n) is 11.2. The number of aliphatic hydroxyl groups is 6. The minimum Gasteiger partial charge on any atom is -0.508 e. The van der Waals surface area contributed by atoms with Crippen LogP contribution in [0.1, 0.15) is 29.7 Å². The number of benzene rings is 2. The normalized spacial score (nSPS) is 34.2. The molecule has 3 aliphatic rings. The van der Waals surface area contributed by atoms with Crippen LogP contribution >= 0.6 is 0 Å². The molecule has 9 atom stereocenters. The molecular formula is C29H37NO13. The van der Waals surface area contributed by atoms with E-state index in [1.165, 1.54) is 25.1 Å². The maximum atomic E-state index is 12.7. The number of ether oxygens (including phenoxy) is 4. The highest BCUT2D eigenvalue weighted by atomic mass is 16.7. The van der Waals surface area contributed by atoms with Gasteiger partial charge in [0.2, 0.25) is 12.2 Å². The molecule has 236 valence electrons. The lowest BCUT2D eigenvalue weighted by Gasteiger charge is -2.42. The van der Waals surface area contributed by atoms with E-state index in [9.17, 15) is 45.6 Å². The molecule has 2 aromatic rings. The van der Waals surface area contributed by atoms with Gasteiger partial charge < -0.3 is 64.7 Å². The van der Waals surface area contributed by atoms with E-state index in [2.05, 4.69) is 0 Å². The van der Waals surface area contributed by atoms with E-state index in [0.29, 0.717) is 24.9 Å². The number of carbonyl (C=O) groups excluding carboxylic acids is 1. The SMILES string of the molecule is CC(=O)N1CCc2ccc(O)c(O[C@@H]3O[C@@H](CO[C@@H]4OC[C@@](O)(CO)[C@H]4O)[C@@H](O)[C@@H](O)[C@H]3O)c2[C@H]1Cc1ccc(O)cc1. The monoisotopic (exact) mass is 607 g/mol. The summed E-state index contributed by atoms with van der Waals surface area (Å²) in [7, 11) is 0. The van der Waals surface area contributed by atoms with Crippen molar-refractivity contribution >= 4 is 5.91 Å². The van der Waals surface area contributed by atoms with Crippen molar-refractivity contribution in [3.63, 3.8) is 0 Å². The van der Waals surface area contributed by atoms with E-state index in [-0.39, 0.29) is 23.2 Å². The van der Waals surface area contributed by atoms with Crippen LogP contribution in [0.5, 0.6) is 17.2 Å². The summed E-state index contributed by atoms with van der Waals surface area (Å²) < 4.78 is 22.5. The van der Waals surface area contributed by atoms with Gasteiger partial charge in [0.1, 0.15) is 41.9 Å². The molecular weight excluding hydrogens is 570 g/mol. The third-order valence-corrected chi connectivity index (χ3v) is 8.27. The lowest BCUT2D eigenvalue weighted by Crippen LogP contribution is -2.60. The number of amides is 1. The van der Waals surface area contributed by atoms with Crippen LogP contribution in [0, 0.1) is 0 Å². The Bertz CT molecular complexity index is 1290. The Morgan fingerprint density at radius 3 is 2.40 bits per heavy atom. The van der Waals surface area contributed by atoms with Crippen molar-refractivity contribution < 1.29 is 64.6 Å². The van der Waals surface area contributed by atoms with Crippen molar-refractivity contribution in [1.82, 2.24) is 4.90 Å². The maximum absolute atomic E-state index is 12.7. The van der Waals surface area contributed by atoms with Gasteiger partial charge in [-0.05, 0) is 42.2 Å². The van der Waals surface area contributed by atoms with Gasteiger partial charge in [0, 0.05) is 19.0 Å². The first-order chi connectivity index (χ1) is 20.4. The average molecular weight is 608 g/mol. The van der Waals surface area contributed by atoms with Crippen molar-refractivity contribution in [2.75, 3.05) is 26.4 Å². The first kappa shape index (κ1) is 31.4. The van der Waals surface area contributed by atoms with Gasteiger partial charge in [0.05, 0.1) is 25.9 Å². The molecule has 2 saturated heterocycles. The number of aromatic hydroxyl groups is 2. The number of carbonyl (C=O) groups is 1. The second kappa shape index (κ2) is 12.5. The predicted molar refractivity (Wildman–Crippen MR) is 145 cm³/mol. The van der Waals surface area contributed by atoms with Gasteiger partial charge in [-0.1, -0.05) is 18.2 Å². The van der Waals surface area contributed by atoms with Crippen molar-refractivity contribution in [3.05, 3.63) is 53.1 Å². The van der Waals surface area contributed by atoms with Crippen LogP contribution in [0.25, 0.3) is 0 Å². The average Bonchev–Trinajstić information content (AvgIpc) is 3.28. The van der Waals surface area contributed by atoms with E-state index >= 15 is 0 Å². The van der Waals surface area contributed by atoms with Gasteiger partial charge in [-0.2, -0.15) is 0 Å². The summed E-state index contributed by atoms with van der Waals surface area (Å²) >= 11 is 0. The van der Waals surface area contributed by atoms with E-state index in [4.69, 9.17) is 18.9 Å². The van der Waals surface area contributed by atoms with Crippen molar-refractivity contribution in [1.29, 1.82) is 0 Å². The fourth-order valence-corrected chi connectivity index (χ4v) is 5.73. The molecule has 14 nitrogen and oxygen atoms in total. The number of hydrogen-bond acceptors (Lipinski definition) is 13. The van der Waals surface area contributed by atoms with Crippen LogP contribution in [0.2, 0.25) is 0 Å². The molecule has 0 aromatic heterocycles. The van der Waals surface area contributed by atoms with E-state index < -0.39 is 74.6 Å². The summed E-state index contributed by atoms with van der Waals surface area (Å²) in [5.41, 5.74) is 0.116. The van der Waals surface area contributed by atoms with Crippen LogP contribution in [0.15, 0.2) is 36.4 Å². The van der Waals surface area contributed by atoms with Gasteiger partial charge in [0.15, 0.2) is 17.8 Å². The van der Waals surface area contributed by atoms with Crippen LogP contribution in [-0.4, -0.2) is 127 Å². The Hall–Kier alpha value is -3.05. The third kappa shape index (κ3) is 6.16. The summed E-state index contributed by atoms with van der Waals surface area (Å²) in [6.45, 7) is 0.173. The molecule has 5 rings (SSSR count). The molecule has 0 aliphatic carbocycles. The molecule has 0 saturated carbocycles. The zero-order valence-corrected chi connectivity index (χ0v) is 23.4. The zero-order chi connectivity index (χ0) is 31.1. The first-order valence-electron chi connectivity index (χ1n) is 13.9. The minimum absolute atomic E-state index is 0.0814. The molecule has 3 aliphatic heterocycles. The minimum atomic E-state index is -1.94. The van der Waals surface area contributed by atoms with Gasteiger partial charge in [-0.3, -0.25) is 4.79 Å². The lowest BCUT2D eigenvalue weighted by molar-refractivity contribution is -0.289. The second-order valence-corrected chi connectivity index (χ2v) is 11.2. The predicted octanol–water partition coefficient (Wildman–Crippen LogP) is -1.57. The van der Waals surface area contributed by atoms with Gasteiger partial charge in [0.25, 0.3) is 0 Å². The number of rotatable bonds is 8.